The Bertz CT molecular complexity index is 1020. The maximum atomic E-state index is 13.0. The van der Waals surface area contributed by atoms with Crippen LogP contribution < -0.4 is 5.32 Å². The average Bonchev–Trinajstić information content (AvgIpc) is 3.43. The molecule has 1 N–H and O–H groups in total. The molecule has 0 radical (unpaired) electrons. The lowest BCUT2D eigenvalue weighted by molar-refractivity contribution is -0.117. The second-order valence-corrected chi connectivity index (χ2v) is 12.3. The molecule has 184 valence electrons. The first-order valence-electron chi connectivity index (χ1n) is 11.8. The van der Waals surface area contributed by atoms with E-state index in [9.17, 15) is 14.4 Å². The number of ketones is 2. The smallest absolute Gasteiger partial charge is 0.407 e. The van der Waals surface area contributed by atoms with Crippen molar-refractivity contribution in [2.45, 2.75) is 76.0 Å². The number of carbonyl (C=O) groups is 3. The molecule has 0 aliphatic heterocycles. The molecule has 6 nitrogen and oxygen atoms in total. The highest BCUT2D eigenvalue weighted by atomic mass is 32.2. The van der Waals surface area contributed by atoms with Crippen LogP contribution in [-0.2, 0) is 22.4 Å². The highest BCUT2D eigenvalue weighted by Gasteiger charge is 2.26. The number of Topliss-reactive ketones (excluding diaryl/α,β-unsaturated/α-hetero) is 2. The third-order valence-electron chi connectivity index (χ3n) is 5.54. The summed E-state index contributed by atoms with van der Waals surface area (Å²) in [6, 6.07) is 5.83. The van der Waals surface area contributed by atoms with E-state index in [-0.39, 0.29) is 30.3 Å². The molecule has 1 heterocycles. The van der Waals surface area contributed by atoms with Crippen LogP contribution in [0.3, 0.4) is 0 Å². The largest absolute Gasteiger partial charge is 0.444 e. The first kappa shape index (κ1) is 26.4. The van der Waals surface area contributed by atoms with Gasteiger partial charge in [0.15, 0.2) is 5.78 Å². The van der Waals surface area contributed by atoms with E-state index in [0.717, 1.165) is 46.0 Å². The summed E-state index contributed by atoms with van der Waals surface area (Å²) in [5.74, 6) is 1.03. The highest BCUT2D eigenvalue weighted by molar-refractivity contribution is 8.01. The number of amides is 1. The molecule has 34 heavy (non-hydrogen) atoms. The lowest BCUT2D eigenvalue weighted by Gasteiger charge is -2.19. The van der Waals surface area contributed by atoms with Gasteiger partial charge in [0.2, 0.25) is 0 Å². The molecule has 1 fully saturated rings. The number of thioether (sulfide) groups is 1. The zero-order valence-corrected chi connectivity index (χ0v) is 22.1. The maximum absolute atomic E-state index is 13.0. The van der Waals surface area contributed by atoms with Gasteiger partial charge in [0, 0.05) is 30.2 Å². The molecule has 0 spiro atoms. The monoisotopic (exact) mass is 502 g/mol. The summed E-state index contributed by atoms with van der Waals surface area (Å²) in [5.41, 5.74) is 2.07. The van der Waals surface area contributed by atoms with Gasteiger partial charge >= 0.3 is 6.09 Å². The fourth-order valence-corrected chi connectivity index (χ4v) is 5.97. The van der Waals surface area contributed by atoms with Crippen LogP contribution in [0.25, 0.3) is 0 Å². The minimum absolute atomic E-state index is 0.0572. The van der Waals surface area contributed by atoms with Crippen molar-refractivity contribution < 1.29 is 19.1 Å². The van der Waals surface area contributed by atoms with Crippen molar-refractivity contribution in [1.29, 1.82) is 0 Å². The number of aryl methyl sites for hydroxylation is 1. The van der Waals surface area contributed by atoms with Crippen molar-refractivity contribution in [2.75, 3.05) is 12.3 Å². The number of alkyl carbamates (subject to hydrolysis) is 1. The number of thiazole rings is 1. The molecule has 0 atom stereocenters. The van der Waals surface area contributed by atoms with Crippen molar-refractivity contribution in [3.05, 3.63) is 46.1 Å². The molecule has 1 aromatic heterocycles. The molecule has 3 rings (SSSR count). The second kappa shape index (κ2) is 12.0. The highest BCUT2D eigenvalue weighted by Crippen LogP contribution is 2.30. The number of rotatable bonds is 10. The van der Waals surface area contributed by atoms with Gasteiger partial charge in [-0.25, -0.2) is 9.78 Å². The summed E-state index contributed by atoms with van der Waals surface area (Å²) in [7, 11) is 0. The summed E-state index contributed by atoms with van der Waals surface area (Å²) in [5, 5.41) is 3.50. The van der Waals surface area contributed by atoms with Crippen LogP contribution in [0.15, 0.2) is 28.6 Å². The summed E-state index contributed by atoms with van der Waals surface area (Å²) >= 11 is 3.08. The predicted molar refractivity (Wildman–Crippen MR) is 137 cm³/mol. The van der Waals surface area contributed by atoms with Crippen molar-refractivity contribution in [1.82, 2.24) is 10.3 Å². The number of aromatic nitrogens is 1. The van der Waals surface area contributed by atoms with Gasteiger partial charge in [0.1, 0.15) is 16.4 Å². The van der Waals surface area contributed by atoms with Gasteiger partial charge in [-0.3, -0.25) is 9.59 Å². The molecule has 0 saturated heterocycles. The zero-order valence-electron chi connectivity index (χ0n) is 20.4. The molecule has 2 aromatic rings. The van der Waals surface area contributed by atoms with Crippen molar-refractivity contribution in [2.24, 2.45) is 5.92 Å². The maximum Gasteiger partial charge on any atom is 0.407 e. The van der Waals surface area contributed by atoms with Gasteiger partial charge in [-0.1, -0.05) is 30.5 Å². The molecule has 1 aromatic carbocycles. The van der Waals surface area contributed by atoms with Gasteiger partial charge < -0.3 is 10.1 Å². The fraction of sp³-hybridized carbons (Fsp3) is 0.538. The molecule has 1 saturated carbocycles. The normalized spacial score (nSPS) is 14.2. The average molecular weight is 503 g/mol. The van der Waals surface area contributed by atoms with Gasteiger partial charge in [-0.05, 0) is 52.2 Å². The number of ether oxygens (including phenoxy) is 1. The minimum Gasteiger partial charge on any atom is -0.444 e. The van der Waals surface area contributed by atoms with E-state index in [4.69, 9.17) is 4.74 Å². The molecule has 0 unspecified atom stereocenters. The second-order valence-electron chi connectivity index (χ2n) is 9.75. The third-order valence-corrected chi connectivity index (χ3v) is 7.73. The fourth-order valence-electron chi connectivity index (χ4n) is 3.99. The lowest BCUT2D eigenvalue weighted by Crippen LogP contribution is -2.33. The van der Waals surface area contributed by atoms with E-state index in [2.05, 4.69) is 10.3 Å². The Morgan fingerprint density at radius 3 is 2.62 bits per heavy atom. The molecular weight excluding hydrogens is 468 g/mol. The lowest BCUT2D eigenvalue weighted by atomic mass is 9.90. The van der Waals surface area contributed by atoms with Crippen LogP contribution in [0, 0.1) is 12.8 Å². The summed E-state index contributed by atoms with van der Waals surface area (Å²) in [6.07, 6.45) is 5.97. The minimum atomic E-state index is -0.514. The van der Waals surface area contributed by atoms with Gasteiger partial charge in [0.25, 0.3) is 0 Å². The van der Waals surface area contributed by atoms with E-state index >= 15 is 0 Å². The van der Waals surface area contributed by atoms with E-state index < -0.39 is 11.7 Å². The number of nitrogens with zero attached hydrogens (tertiary/aromatic N) is 1. The Labute approximate surface area is 210 Å². The molecule has 1 aliphatic carbocycles. The summed E-state index contributed by atoms with van der Waals surface area (Å²) in [4.78, 5) is 41.9. The van der Waals surface area contributed by atoms with Gasteiger partial charge in [-0.15, -0.1) is 23.1 Å². The third kappa shape index (κ3) is 8.24. The summed E-state index contributed by atoms with van der Waals surface area (Å²) < 4.78 is 6.22. The van der Waals surface area contributed by atoms with E-state index in [1.165, 1.54) is 11.3 Å². The number of hydrogen-bond acceptors (Lipinski definition) is 7. The zero-order chi connectivity index (χ0) is 24.7. The number of hydrogen-bond donors (Lipinski definition) is 1. The number of benzene rings is 1. The standard InChI is InChI=1S/C26H34N2O4S2/c1-17-9-10-19(21(13-17)24(30)18-7-5-6-8-18)14-20(29)15-22-28-16-23(34-22)33-12-11-27-25(31)32-26(2,3)4/h9-10,13,16,18H,5-8,11-12,14-15H2,1-4H3,(H,27,31). The first-order valence-corrected chi connectivity index (χ1v) is 13.6. The predicted octanol–water partition coefficient (Wildman–Crippen LogP) is 5.80. The first-order chi connectivity index (χ1) is 16.1. The quantitative estimate of drug-likeness (QED) is 0.251. The molecule has 8 heteroatoms. The summed E-state index contributed by atoms with van der Waals surface area (Å²) in [6.45, 7) is 7.95. The van der Waals surface area contributed by atoms with Gasteiger partial charge in [0.05, 0.1) is 16.8 Å². The van der Waals surface area contributed by atoms with Crippen LogP contribution in [0.1, 0.15) is 72.9 Å². The Morgan fingerprint density at radius 2 is 1.91 bits per heavy atom. The van der Waals surface area contributed by atoms with Crippen LogP contribution in [0.4, 0.5) is 4.79 Å². The van der Waals surface area contributed by atoms with Crippen LogP contribution in [0.2, 0.25) is 0 Å². The van der Waals surface area contributed by atoms with E-state index in [1.54, 1.807) is 18.0 Å². The van der Waals surface area contributed by atoms with E-state index in [0.29, 0.717) is 17.9 Å². The molecule has 1 amide bonds. The van der Waals surface area contributed by atoms with Crippen molar-refractivity contribution in [3.8, 4) is 0 Å². The Kier molecular flexibility index (Phi) is 9.31. The topological polar surface area (TPSA) is 85.4 Å². The number of nitrogens with one attached hydrogen (secondary N) is 1. The Balaban J connectivity index is 1.50. The molecule has 1 aliphatic rings. The Hall–Kier alpha value is -2.19. The van der Waals surface area contributed by atoms with Crippen molar-refractivity contribution >= 4 is 40.8 Å². The SMILES string of the molecule is Cc1ccc(CC(=O)Cc2ncc(SCCNC(=O)OC(C)(C)C)s2)c(C(=O)C2CCCC2)c1. The van der Waals surface area contributed by atoms with Gasteiger partial charge in [-0.2, -0.15) is 0 Å². The van der Waals surface area contributed by atoms with Crippen LogP contribution in [0.5, 0.6) is 0 Å². The Morgan fingerprint density at radius 1 is 1.18 bits per heavy atom. The molecule has 0 bridgehead atoms. The molecular formula is C26H34N2O4S2. The van der Waals surface area contributed by atoms with Crippen LogP contribution in [-0.4, -0.2) is 40.5 Å². The van der Waals surface area contributed by atoms with E-state index in [1.807, 2.05) is 45.9 Å². The number of carbonyl (C=O) groups excluding carboxylic acids is 3. The van der Waals surface area contributed by atoms with Crippen LogP contribution >= 0.6 is 23.1 Å². The van der Waals surface area contributed by atoms with Crippen molar-refractivity contribution in [3.63, 3.8) is 0 Å².